The molecule has 0 spiro atoms. The fourth-order valence-electron chi connectivity index (χ4n) is 5.56. The lowest BCUT2D eigenvalue weighted by molar-refractivity contribution is 0.0411. The molecule has 5 rings (SSSR count). The van der Waals surface area contributed by atoms with Gasteiger partial charge in [0.15, 0.2) is 0 Å². The van der Waals surface area contributed by atoms with E-state index >= 15 is 0 Å². The molecule has 0 saturated heterocycles. The van der Waals surface area contributed by atoms with Crippen LogP contribution in [0.3, 0.4) is 0 Å². The Hall–Kier alpha value is -3.59. The number of nitrogens with one attached hydrogen (secondary N) is 2. The molecule has 8 nitrogen and oxygen atoms in total. The van der Waals surface area contributed by atoms with E-state index in [1.165, 1.54) is 11.1 Å². The van der Waals surface area contributed by atoms with Crippen molar-refractivity contribution >= 4 is 6.09 Å². The Kier molecular flexibility index (Phi) is 10.5. The van der Waals surface area contributed by atoms with E-state index in [2.05, 4.69) is 28.8 Å². The number of hydrogen-bond donors (Lipinski definition) is 4. The van der Waals surface area contributed by atoms with Crippen molar-refractivity contribution in [3.8, 4) is 11.5 Å². The number of aliphatic hydroxyl groups excluding tert-OH is 2. The monoisotopic (exact) mass is 576 g/mol. The van der Waals surface area contributed by atoms with Crippen LogP contribution in [0.4, 0.5) is 4.79 Å². The van der Waals surface area contributed by atoms with E-state index in [9.17, 15) is 15.0 Å². The van der Waals surface area contributed by atoms with Crippen LogP contribution in [0.5, 0.6) is 11.5 Å². The summed E-state index contributed by atoms with van der Waals surface area (Å²) in [7, 11) is 3.30. The fraction of sp³-hybridized carbons (Fsp3) is 0.441. The molecule has 2 aliphatic carbocycles. The first-order chi connectivity index (χ1) is 20.1. The van der Waals surface area contributed by atoms with Gasteiger partial charge in [-0.2, -0.15) is 0 Å². The maximum Gasteiger partial charge on any atom is 0.407 e. The maximum absolute atomic E-state index is 11.8. The number of carbonyl (C=O) groups excluding carboxylic acids is 1. The van der Waals surface area contributed by atoms with Gasteiger partial charge in [-0.1, -0.05) is 54.6 Å². The molecule has 0 bridgehead atoms. The summed E-state index contributed by atoms with van der Waals surface area (Å²) in [5.74, 6) is 1.66. The zero-order valence-electron chi connectivity index (χ0n) is 25.2. The molecule has 0 aliphatic heterocycles. The topological polar surface area (TPSA) is 109 Å². The van der Waals surface area contributed by atoms with Crippen LogP contribution in [-0.4, -0.2) is 60.4 Å². The van der Waals surface area contributed by atoms with Gasteiger partial charge in [0.2, 0.25) is 0 Å². The third-order valence-electron chi connectivity index (χ3n) is 7.65. The molecule has 3 aromatic rings. The molecule has 3 aromatic carbocycles. The van der Waals surface area contributed by atoms with Crippen molar-refractivity contribution in [1.29, 1.82) is 0 Å². The standard InChI is InChI=1S/C18H21NO2.C16H23NO4/c1-21-18-9-5-8-14-10-16(17(20)11-15(14)18)19-12-13-6-3-2-4-7-13;1-16(2,3)21-15(19)17-12-8-10-6-5-7-14(20-4)11(10)9-13(12)18/h2-9,16-17,19-20H,10-12H2,1H3;5-7,12-13,18H,8-9H2,1-4H3,(H,17,19)/t16-,17-;12-,13-/m11/s1. The largest absolute Gasteiger partial charge is 0.496 e. The van der Waals surface area contributed by atoms with E-state index in [1.807, 2.05) is 69.3 Å². The van der Waals surface area contributed by atoms with Gasteiger partial charge < -0.3 is 35.1 Å². The number of methoxy groups -OCH3 is 2. The second-order valence-corrected chi connectivity index (χ2v) is 11.9. The van der Waals surface area contributed by atoms with Crippen LogP contribution < -0.4 is 20.1 Å². The molecule has 2 aliphatic rings. The second kappa shape index (κ2) is 14.1. The minimum atomic E-state index is -0.652. The summed E-state index contributed by atoms with van der Waals surface area (Å²) in [6, 6.07) is 21.9. The smallest absolute Gasteiger partial charge is 0.407 e. The lowest BCUT2D eigenvalue weighted by atomic mass is 9.85. The molecule has 0 unspecified atom stereocenters. The highest BCUT2D eigenvalue weighted by Crippen LogP contribution is 2.31. The molecule has 1 amide bonds. The number of fused-ring (bicyclic) bond motifs is 2. The number of amides is 1. The van der Waals surface area contributed by atoms with Crippen LogP contribution in [0, 0.1) is 0 Å². The van der Waals surface area contributed by atoms with E-state index < -0.39 is 17.8 Å². The van der Waals surface area contributed by atoms with E-state index in [4.69, 9.17) is 14.2 Å². The van der Waals surface area contributed by atoms with Crippen LogP contribution in [-0.2, 0) is 37.0 Å². The molecule has 0 heterocycles. The lowest BCUT2D eigenvalue weighted by Crippen LogP contribution is -2.49. The van der Waals surface area contributed by atoms with E-state index in [0.29, 0.717) is 19.3 Å². The van der Waals surface area contributed by atoms with Crippen molar-refractivity contribution in [1.82, 2.24) is 10.6 Å². The Balaban J connectivity index is 0.000000193. The molecular formula is C34H44N2O6. The zero-order chi connectivity index (χ0) is 30.3. The van der Waals surface area contributed by atoms with Crippen LogP contribution >= 0.6 is 0 Å². The van der Waals surface area contributed by atoms with Crippen molar-refractivity contribution in [2.45, 2.75) is 82.9 Å². The molecule has 0 saturated carbocycles. The van der Waals surface area contributed by atoms with Crippen LogP contribution in [0.15, 0.2) is 66.7 Å². The molecule has 8 heteroatoms. The van der Waals surface area contributed by atoms with Gasteiger partial charge in [0, 0.05) is 31.0 Å². The van der Waals surface area contributed by atoms with Gasteiger partial charge in [0.25, 0.3) is 0 Å². The van der Waals surface area contributed by atoms with Gasteiger partial charge in [-0.3, -0.25) is 0 Å². The van der Waals surface area contributed by atoms with Crippen LogP contribution in [0.25, 0.3) is 0 Å². The first-order valence-corrected chi connectivity index (χ1v) is 14.5. The second-order valence-electron chi connectivity index (χ2n) is 11.9. The summed E-state index contributed by atoms with van der Waals surface area (Å²) in [5, 5.41) is 26.9. The summed E-state index contributed by atoms with van der Waals surface area (Å²) in [5.41, 5.74) is 5.19. The average molecular weight is 577 g/mol. The van der Waals surface area contributed by atoms with Crippen molar-refractivity contribution in [3.63, 3.8) is 0 Å². The Bertz CT molecular complexity index is 1320. The molecule has 4 atom stereocenters. The number of aliphatic hydroxyl groups is 2. The summed E-state index contributed by atoms with van der Waals surface area (Å²) >= 11 is 0. The first-order valence-electron chi connectivity index (χ1n) is 14.5. The summed E-state index contributed by atoms with van der Waals surface area (Å²) in [6.07, 6.45) is 0.968. The van der Waals surface area contributed by atoms with Gasteiger partial charge in [-0.05, 0) is 68.0 Å². The van der Waals surface area contributed by atoms with E-state index in [0.717, 1.165) is 41.2 Å². The Morgan fingerprint density at radius 2 is 1.29 bits per heavy atom. The minimum absolute atomic E-state index is 0.0878. The van der Waals surface area contributed by atoms with Gasteiger partial charge in [-0.25, -0.2) is 4.79 Å². The van der Waals surface area contributed by atoms with Crippen molar-refractivity contribution in [3.05, 3.63) is 94.5 Å². The number of benzene rings is 3. The summed E-state index contributed by atoms with van der Waals surface area (Å²) in [6.45, 7) is 6.21. The van der Waals surface area contributed by atoms with Crippen LogP contribution in [0.1, 0.15) is 48.6 Å². The van der Waals surface area contributed by atoms with Crippen LogP contribution in [0.2, 0.25) is 0 Å². The first kappa shape index (κ1) is 31.3. The minimum Gasteiger partial charge on any atom is -0.496 e. The lowest BCUT2D eigenvalue weighted by Gasteiger charge is -2.32. The van der Waals surface area contributed by atoms with Gasteiger partial charge in [0.1, 0.15) is 17.1 Å². The van der Waals surface area contributed by atoms with Crippen molar-refractivity contribution in [2.24, 2.45) is 0 Å². The molecule has 0 radical (unpaired) electrons. The van der Waals surface area contributed by atoms with Crippen molar-refractivity contribution in [2.75, 3.05) is 14.2 Å². The van der Waals surface area contributed by atoms with E-state index in [1.54, 1.807) is 14.2 Å². The highest BCUT2D eigenvalue weighted by Gasteiger charge is 2.31. The fourth-order valence-corrected chi connectivity index (χ4v) is 5.56. The van der Waals surface area contributed by atoms with Gasteiger partial charge >= 0.3 is 6.09 Å². The predicted molar refractivity (Wildman–Crippen MR) is 163 cm³/mol. The number of rotatable bonds is 6. The normalized spacial score (nSPS) is 21.1. The average Bonchev–Trinajstić information content (AvgIpc) is 2.96. The molecule has 0 fully saturated rings. The molecule has 0 aromatic heterocycles. The Labute approximate surface area is 249 Å². The molecular weight excluding hydrogens is 532 g/mol. The summed E-state index contributed by atoms with van der Waals surface area (Å²) < 4.78 is 15.9. The quantitative estimate of drug-likeness (QED) is 0.345. The third-order valence-corrected chi connectivity index (χ3v) is 7.65. The van der Waals surface area contributed by atoms with Gasteiger partial charge in [0.05, 0.1) is 32.5 Å². The number of hydrogen-bond acceptors (Lipinski definition) is 7. The van der Waals surface area contributed by atoms with Crippen molar-refractivity contribution < 1.29 is 29.2 Å². The number of alkyl carbamates (subject to hydrolysis) is 1. The molecule has 42 heavy (non-hydrogen) atoms. The molecule has 4 N–H and O–H groups in total. The Morgan fingerprint density at radius 3 is 1.81 bits per heavy atom. The van der Waals surface area contributed by atoms with E-state index in [-0.39, 0.29) is 18.2 Å². The number of carbonyl (C=O) groups is 1. The van der Waals surface area contributed by atoms with Gasteiger partial charge in [-0.15, -0.1) is 0 Å². The third kappa shape index (κ3) is 8.25. The highest BCUT2D eigenvalue weighted by atomic mass is 16.6. The zero-order valence-corrected chi connectivity index (χ0v) is 25.2. The molecule has 226 valence electrons. The maximum atomic E-state index is 11.8. The number of ether oxygens (including phenoxy) is 3. The highest BCUT2D eigenvalue weighted by molar-refractivity contribution is 5.68. The predicted octanol–water partition coefficient (Wildman–Crippen LogP) is 4.36. The Morgan fingerprint density at radius 1 is 0.762 bits per heavy atom. The SMILES string of the molecule is COc1cccc2c1C[C@@H](O)[C@H](NC(=O)OC(C)(C)C)C2.COc1cccc2c1C[C@@H](O)[C@H](NCc1ccccc1)C2. The summed E-state index contributed by atoms with van der Waals surface area (Å²) in [4.78, 5) is 11.8.